The summed E-state index contributed by atoms with van der Waals surface area (Å²) in [6, 6.07) is 4.09. The van der Waals surface area contributed by atoms with Crippen LogP contribution in [0.2, 0.25) is 0 Å². The Morgan fingerprint density at radius 2 is 2.14 bits per heavy atom. The maximum atomic E-state index is 12.1. The number of carbonyl (C=O) groups excluding carboxylic acids is 1. The van der Waals surface area contributed by atoms with E-state index in [0.717, 1.165) is 21.4 Å². The molecule has 0 fully saturated rings. The summed E-state index contributed by atoms with van der Waals surface area (Å²) in [6.07, 6.45) is 2.01. The summed E-state index contributed by atoms with van der Waals surface area (Å²) in [4.78, 5) is 16.2. The molecule has 114 valence electrons. The average molecular weight is 293 g/mol. The topological polar surface area (TPSA) is 123 Å². The first-order chi connectivity index (χ1) is 10.1. The fraction of sp³-hybridized carbons (Fsp3) is 0.357. The smallest absolute Gasteiger partial charge is 0.241 e. The van der Waals surface area contributed by atoms with E-state index >= 15 is 0 Å². The van der Waals surface area contributed by atoms with Crippen molar-refractivity contribution in [2.75, 3.05) is 19.9 Å². The summed E-state index contributed by atoms with van der Waals surface area (Å²) in [6.45, 7) is -0.681. The molecule has 1 aromatic carbocycles. The van der Waals surface area contributed by atoms with Crippen LogP contribution in [0.15, 0.2) is 24.4 Å². The molecular formula is C14H19N3O4. The third kappa shape index (κ3) is 3.33. The number of aliphatic hydroxyl groups is 2. The molecule has 0 spiro atoms. The predicted octanol–water partition coefficient (Wildman–Crippen LogP) is -0.486. The molecule has 0 saturated carbocycles. The Hall–Kier alpha value is -2.09. The van der Waals surface area contributed by atoms with E-state index in [4.69, 9.17) is 15.9 Å². The third-order valence-corrected chi connectivity index (χ3v) is 3.36. The second-order valence-corrected chi connectivity index (χ2v) is 4.82. The van der Waals surface area contributed by atoms with Crippen LogP contribution in [0.5, 0.6) is 5.75 Å². The number of carbonyl (C=O) groups is 1. The average Bonchev–Trinajstić information content (AvgIpc) is 2.86. The Labute approximate surface area is 121 Å². The largest absolute Gasteiger partial charge is 0.508 e. The molecular weight excluding hydrogens is 274 g/mol. The number of hydrogen-bond acceptors (Lipinski definition) is 5. The maximum absolute atomic E-state index is 12.1. The van der Waals surface area contributed by atoms with E-state index in [1.807, 2.05) is 0 Å². The van der Waals surface area contributed by atoms with Crippen LogP contribution in [-0.2, 0) is 11.2 Å². The first-order valence-corrected chi connectivity index (χ1v) is 6.62. The number of aliphatic hydroxyl groups excluding tert-OH is 2. The number of aromatic amines is 1. The van der Waals surface area contributed by atoms with E-state index < -0.39 is 18.7 Å². The van der Waals surface area contributed by atoms with Crippen molar-refractivity contribution in [3.05, 3.63) is 30.0 Å². The molecule has 7 heteroatoms. The molecule has 0 radical (unpaired) electrons. The standard InChI is InChI=1S/C14H19N3O4/c15-12(14(21)17(8-19)3-4-18)5-9-7-16-13-2-1-10(20)6-11(9)13/h1-2,6-7,12,16,18-20H,3-5,8,15H2/t12-/m0/s1. The number of amides is 1. The zero-order chi connectivity index (χ0) is 15.4. The van der Waals surface area contributed by atoms with E-state index in [1.54, 1.807) is 24.4 Å². The van der Waals surface area contributed by atoms with Gasteiger partial charge in [0.25, 0.3) is 0 Å². The highest BCUT2D eigenvalue weighted by Crippen LogP contribution is 2.23. The van der Waals surface area contributed by atoms with Gasteiger partial charge in [-0.1, -0.05) is 0 Å². The SMILES string of the molecule is N[C@@H](Cc1c[nH]c2ccc(O)cc12)C(=O)N(CO)CCO. The summed E-state index contributed by atoms with van der Waals surface area (Å²) < 4.78 is 0. The van der Waals surface area contributed by atoms with Gasteiger partial charge >= 0.3 is 0 Å². The summed E-state index contributed by atoms with van der Waals surface area (Å²) >= 11 is 0. The van der Waals surface area contributed by atoms with E-state index in [0.29, 0.717) is 0 Å². The van der Waals surface area contributed by atoms with Crippen LogP contribution < -0.4 is 5.73 Å². The zero-order valence-electron chi connectivity index (χ0n) is 11.5. The Balaban J connectivity index is 2.15. The number of H-pyrrole nitrogens is 1. The number of nitrogens with one attached hydrogen (secondary N) is 1. The molecule has 1 atom stereocenters. The van der Waals surface area contributed by atoms with Gasteiger partial charge in [0.1, 0.15) is 12.5 Å². The Bertz CT molecular complexity index is 626. The lowest BCUT2D eigenvalue weighted by Crippen LogP contribution is -2.46. The minimum Gasteiger partial charge on any atom is -0.508 e. The quantitative estimate of drug-likeness (QED) is 0.460. The van der Waals surface area contributed by atoms with Crippen LogP contribution in [0.3, 0.4) is 0 Å². The van der Waals surface area contributed by atoms with Crippen LogP contribution in [0, 0.1) is 0 Å². The molecule has 0 aliphatic rings. The van der Waals surface area contributed by atoms with Crippen LogP contribution in [0.1, 0.15) is 5.56 Å². The molecule has 6 N–H and O–H groups in total. The van der Waals surface area contributed by atoms with Gasteiger partial charge in [-0.2, -0.15) is 0 Å². The minimum atomic E-state index is -0.829. The number of benzene rings is 1. The van der Waals surface area contributed by atoms with E-state index in [1.165, 1.54) is 0 Å². The van der Waals surface area contributed by atoms with Gasteiger partial charge in [-0.15, -0.1) is 0 Å². The van der Waals surface area contributed by atoms with Gasteiger partial charge in [0, 0.05) is 23.6 Å². The molecule has 7 nitrogen and oxygen atoms in total. The van der Waals surface area contributed by atoms with Gasteiger partial charge in [-0.3, -0.25) is 4.79 Å². The fourth-order valence-electron chi connectivity index (χ4n) is 2.27. The molecule has 0 saturated heterocycles. The van der Waals surface area contributed by atoms with E-state index in [2.05, 4.69) is 4.98 Å². The molecule has 0 bridgehead atoms. The monoisotopic (exact) mass is 293 g/mol. The Kier molecular flexibility index (Phi) is 4.79. The number of nitrogens with zero attached hydrogens (tertiary/aromatic N) is 1. The van der Waals surface area contributed by atoms with Crippen molar-refractivity contribution in [3.63, 3.8) is 0 Å². The predicted molar refractivity (Wildman–Crippen MR) is 77.5 cm³/mol. The molecule has 0 aliphatic carbocycles. The normalized spacial score (nSPS) is 12.5. The van der Waals surface area contributed by atoms with Crippen molar-refractivity contribution in [1.82, 2.24) is 9.88 Å². The molecule has 0 aliphatic heterocycles. The van der Waals surface area contributed by atoms with Crippen molar-refractivity contribution in [1.29, 1.82) is 0 Å². The van der Waals surface area contributed by atoms with Crippen LogP contribution in [0.25, 0.3) is 10.9 Å². The van der Waals surface area contributed by atoms with Crippen LogP contribution in [-0.4, -0.2) is 57.0 Å². The van der Waals surface area contributed by atoms with Gasteiger partial charge in [-0.05, 0) is 30.2 Å². The summed E-state index contributed by atoms with van der Waals surface area (Å²) in [5, 5.41) is 28.3. The minimum absolute atomic E-state index is 0.0394. The first kappa shape index (κ1) is 15.3. The molecule has 2 aromatic rings. The number of nitrogens with two attached hydrogens (primary N) is 1. The van der Waals surface area contributed by atoms with Gasteiger partial charge in [0.05, 0.1) is 12.6 Å². The second-order valence-electron chi connectivity index (χ2n) is 4.82. The molecule has 0 unspecified atom stereocenters. The highest BCUT2D eigenvalue weighted by Gasteiger charge is 2.21. The lowest BCUT2D eigenvalue weighted by molar-refractivity contribution is -0.136. The fourth-order valence-corrected chi connectivity index (χ4v) is 2.27. The van der Waals surface area contributed by atoms with E-state index in [-0.39, 0.29) is 25.3 Å². The summed E-state index contributed by atoms with van der Waals surface area (Å²) in [5.41, 5.74) is 7.54. The lowest BCUT2D eigenvalue weighted by Gasteiger charge is -2.22. The molecule has 1 heterocycles. The zero-order valence-corrected chi connectivity index (χ0v) is 11.5. The second kappa shape index (κ2) is 6.57. The van der Waals surface area contributed by atoms with E-state index in [9.17, 15) is 9.90 Å². The van der Waals surface area contributed by atoms with Gasteiger partial charge in [0.15, 0.2) is 0 Å². The van der Waals surface area contributed by atoms with Gasteiger partial charge < -0.3 is 30.9 Å². The number of fused-ring (bicyclic) bond motifs is 1. The number of hydrogen-bond donors (Lipinski definition) is 5. The van der Waals surface area contributed by atoms with Gasteiger partial charge in [0.2, 0.25) is 5.91 Å². The number of aromatic nitrogens is 1. The number of rotatable bonds is 6. The highest BCUT2D eigenvalue weighted by atomic mass is 16.3. The maximum Gasteiger partial charge on any atom is 0.241 e. The summed E-state index contributed by atoms with van der Waals surface area (Å²) in [7, 11) is 0. The number of phenols is 1. The lowest BCUT2D eigenvalue weighted by atomic mass is 10.0. The first-order valence-electron chi connectivity index (χ1n) is 6.62. The summed E-state index contributed by atoms with van der Waals surface area (Å²) in [5.74, 6) is -0.290. The third-order valence-electron chi connectivity index (χ3n) is 3.36. The van der Waals surface area contributed by atoms with Crippen LogP contribution >= 0.6 is 0 Å². The Morgan fingerprint density at radius 3 is 2.81 bits per heavy atom. The van der Waals surface area contributed by atoms with Gasteiger partial charge in [-0.25, -0.2) is 0 Å². The van der Waals surface area contributed by atoms with Crippen molar-refractivity contribution >= 4 is 16.8 Å². The number of aromatic hydroxyl groups is 1. The Morgan fingerprint density at radius 1 is 1.38 bits per heavy atom. The number of phenolic OH excluding ortho intramolecular Hbond substituents is 1. The molecule has 21 heavy (non-hydrogen) atoms. The van der Waals surface area contributed by atoms with Crippen LogP contribution in [0.4, 0.5) is 0 Å². The molecule has 1 amide bonds. The molecule has 2 rings (SSSR count). The van der Waals surface area contributed by atoms with Crippen molar-refractivity contribution < 1.29 is 20.1 Å². The highest BCUT2D eigenvalue weighted by molar-refractivity contribution is 5.87. The van der Waals surface area contributed by atoms with Crippen molar-refractivity contribution in [2.45, 2.75) is 12.5 Å². The van der Waals surface area contributed by atoms with Crippen molar-refractivity contribution in [2.24, 2.45) is 5.73 Å². The van der Waals surface area contributed by atoms with Crippen molar-refractivity contribution in [3.8, 4) is 5.75 Å². The molecule has 1 aromatic heterocycles.